The van der Waals surface area contributed by atoms with Gasteiger partial charge in [-0.2, -0.15) is 4.98 Å². The number of benzene rings is 2. The molecule has 2 aliphatic rings. The van der Waals surface area contributed by atoms with Crippen molar-refractivity contribution in [2.75, 3.05) is 56.0 Å². The van der Waals surface area contributed by atoms with Gasteiger partial charge in [0.25, 0.3) is 5.69 Å². The molecule has 1 saturated carbocycles. The van der Waals surface area contributed by atoms with E-state index in [1.807, 2.05) is 30.3 Å². The highest BCUT2D eigenvalue weighted by Gasteiger charge is 2.46. The zero-order valence-electron chi connectivity index (χ0n) is 25.2. The number of pyridine rings is 1. The lowest BCUT2D eigenvalue weighted by Gasteiger charge is -2.54. The van der Waals surface area contributed by atoms with Crippen molar-refractivity contribution in [1.29, 1.82) is 0 Å². The van der Waals surface area contributed by atoms with E-state index >= 15 is 0 Å². The van der Waals surface area contributed by atoms with Gasteiger partial charge >= 0.3 is 0 Å². The SMILES string of the molecule is CN(C)C1CC2(CCN(c3ccc(Nc4ncc(Cl)c(Nc5ccc6ncccc6c5P(C)(C)=O)n4)cc3[N+](=O)[O-])CC2)C1. The lowest BCUT2D eigenvalue weighted by molar-refractivity contribution is -0.384. The van der Waals surface area contributed by atoms with Gasteiger partial charge in [-0.1, -0.05) is 17.7 Å². The first-order valence-corrected chi connectivity index (χ1v) is 17.6. The number of hydrogen-bond donors (Lipinski definition) is 2. The Morgan fingerprint density at radius 3 is 2.52 bits per heavy atom. The normalized spacial score (nSPS) is 16.7. The number of nitrogens with one attached hydrogen (secondary N) is 2. The molecule has 1 saturated heterocycles. The minimum atomic E-state index is -2.74. The first-order chi connectivity index (χ1) is 20.9. The quantitative estimate of drug-likeness (QED) is 0.124. The zero-order valence-corrected chi connectivity index (χ0v) is 26.9. The molecule has 1 aliphatic carbocycles. The second-order valence-corrected chi connectivity index (χ2v) is 16.1. The summed E-state index contributed by atoms with van der Waals surface area (Å²) in [5, 5.41) is 20.2. The van der Waals surface area contributed by atoms with Crippen LogP contribution in [0.1, 0.15) is 25.7 Å². The van der Waals surface area contributed by atoms with E-state index in [1.165, 1.54) is 25.1 Å². The van der Waals surface area contributed by atoms with E-state index < -0.39 is 7.14 Å². The van der Waals surface area contributed by atoms with Crippen molar-refractivity contribution in [3.05, 3.63) is 70.0 Å². The third-order valence-electron chi connectivity index (χ3n) is 8.95. The molecule has 4 aromatic rings. The fourth-order valence-electron chi connectivity index (χ4n) is 6.54. The number of fused-ring (bicyclic) bond motifs is 1. The fraction of sp³-hybridized carbons (Fsp3) is 0.387. The number of nitro groups is 1. The van der Waals surface area contributed by atoms with Crippen LogP contribution in [0.25, 0.3) is 10.9 Å². The lowest BCUT2D eigenvalue weighted by atomic mass is 9.60. The maximum Gasteiger partial charge on any atom is 0.294 e. The molecule has 11 nitrogen and oxygen atoms in total. The second-order valence-electron chi connectivity index (χ2n) is 12.5. The maximum absolute atomic E-state index is 13.3. The Bertz CT molecular complexity index is 1780. The third kappa shape index (κ3) is 5.96. The van der Waals surface area contributed by atoms with Crippen LogP contribution in [0.4, 0.5) is 34.5 Å². The number of aromatic nitrogens is 3. The summed E-state index contributed by atoms with van der Waals surface area (Å²) < 4.78 is 13.3. The molecule has 44 heavy (non-hydrogen) atoms. The van der Waals surface area contributed by atoms with E-state index in [0.29, 0.717) is 39.6 Å². The predicted octanol–water partition coefficient (Wildman–Crippen LogP) is 6.63. The van der Waals surface area contributed by atoms with Crippen LogP contribution < -0.4 is 20.8 Å². The number of halogens is 1. The van der Waals surface area contributed by atoms with Gasteiger partial charge in [0.05, 0.1) is 22.3 Å². The first kappa shape index (κ1) is 30.2. The van der Waals surface area contributed by atoms with Crippen LogP contribution in [0.5, 0.6) is 0 Å². The van der Waals surface area contributed by atoms with Crippen molar-refractivity contribution < 1.29 is 9.49 Å². The number of hydrogen-bond acceptors (Lipinski definition) is 10. The maximum atomic E-state index is 13.3. The lowest BCUT2D eigenvalue weighted by Crippen LogP contribution is -2.53. The average Bonchev–Trinajstić information content (AvgIpc) is 2.96. The summed E-state index contributed by atoms with van der Waals surface area (Å²) in [4.78, 5) is 29.5. The molecule has 1 spiro atoms. The van der Waals surface area contributed by atoms with Crippen LogP contribution in [0.2, 0.25) is 5.02 Å². The van der Waals surface area contributed by atoms with Crippen molar-refractivity contribution in [2.24, 2.45) is 5.41 Å². The van der Waals surface area contributed by atoms with Gasteiger partial charge in [-0.15, -0.1) is 0 Å². The van der Waals surface area contributed by atoms with Crippen molar-refractivity contribution in [3.8, 4) is 0 Å². The molecule has 2 aromatic carbocycles. The van der Waals surface area contributed by atoms with E-state index in [9.17, 15) is 14.7 Å². The molecule has 0 bridgehead atoms. The fourth-order valence-corrected chi connectivity index (χ4v) is 8.16. The summed E-state index contributed by atoms with van der Waals surface area (Å²) in [6.45, 7) is 5.03. The van der Waals surface area contributed by atoms with Crippen molar-refractivity contribution in [2.45, 2.75) is 31.7 Å². The van der Waals surface area contributed by atoms with Gasteiger partial charge in [-0.25, -0.2) is 4.98 Å². The smallest absolute Gasteiger partial charge is 0.294 e. The molecule has 3 heterocycles. The van der Waals surface area contributed by atoms with E-state index in [-0.39, 0.29) is 21.6 Å². The molecule has 2 N–H and O–H groups in total. The standard InChI is InChI=1S/C31H36ClN8O3P/c1-38(2)21-17-31(18-21)11-14-39(15-12-31)26-10-7-20(16-27(26)40(41)42)35-30-34-19-23(32)29(37-30)36-25-9-8-24-22(6-5-13-33-24)28(25)44(3,4)43/h5-10,13,16,19,21H,11-12,14-15,17-18H2,1-4H3,(H2,34,35,36,37). The van der Waals surface area contributed by atoms with E-state index in [4.69, 9.17) is 11.6 Å². The Morgan fingerprint density at radius 2 is 1.84 bits per heavy atom. The van der Waals surface area contributed by atoms with Gasteiger partial charge < -0.3 is 25.0 Å². The molecule has 0 unspecified atom stereocenters. The number of anilines is 5. The van der Waals surface area contributed by atoms with Crippen LogP contribution in [-0.4, -0.2) is 71.3 Å². The summed E-state index contributed by atoms with van der Waals surface area (Å²) >= 11 is 6.47. The highest BCUT2D eigenvalue weighted by Crippen LogP contribution is 2.51. The van der Waals surface area contributed by atoms with Crippen molar-refractivity contribution >= 4 is 69.5 Å². The zero-order chi connectivity index (χ0) is 31.2. The summed E-state index contributed by atoms with van der Waals surface area (Å²) in [5.41, 5.74) is 2.86. The number of piperidine rings is 1. The molecule has 0 atom stereocenters. The van der Waals surface area contributed by atoms with Crippen LogP contribution >= 0.6 is 18.7 Å². The highest BCUT2D eigenvalue weighted by molar-refractivity contribution is 7.71. The van der Waals surface area contributed by atoms with Gasteiger partial charge in [-0.3, -0.25) is 15.1 Å². The van der Waals surface area contributed by atoms with E-state index in [1.54, 1.807) is 25.6 Å². The monoisotopic (exact) mass is 634 g/mol. The predicted molar refractivity (Wildman–Crippen MR) is 178 cm³/mol. The Balaban J connectivity index is 1.22. The number of nitro benzene ring substituents is 1. The molecule has 0 radical (unpaired) electrons. The molecule has 230 valence electrons. The minimum Gasteiger partial charge on any atom is -0.366 e. The second kappa shape index (κ2) is 11.6. The summed E-state index contributed by atoms with van der Waals surface area (Å²) in [7, 11) is 1.53. The van der Waals surface area contributed by atoms with Gasteiger partial charge in [-0.05, 0) is 88.9 Å². The summed E-state index contributed by atoms with van der Waals surface area (Å²) in [6.07, 6.45) is 7.64. The molecular formula is C31H36ClN8O3P. The van der Waals surface area contributed by atoms with Crippen molar-refractivity contribution in [3.63, 3.8) is 0 Å². The molecule has 13 heteroatoms. The Kier molecular flexibility index (Phi) is 7.98. The molecular weight excluding hydrogens is 599 g/mol. The molecule has 0 amide bonds. The Morgan fingerprint density at radius 1 is 1.09 bits per heavy atom. The van der Waals surface area contributed by atoms with Crippen LogP contribution in [0.15, 0.2) is 54.9 Å². The molecule has 1 aliphatic heterocycles. The third-order valence-corrected chi connectivity index (χ3v) is 10.8. The minimum absolute atomic E-state index is 0.0362. The molecule has 6 rings (SSSR count). The summed E-state index contributed by atoms with van der Waals surface area (Å²) in [5.74, 6) is 0.516. The van der Waals surface area contributed by atoms with Gasteiger partial charge in [0.1, 0.15) is 17.9 Å². The first-order valence-electron chi connectivity index (χ1n) is 14.6. The average molecular weight is 635 g/mol. The number of rotatable bonds is 8. The van der Waals surface area contributed by atoms with Crippen LogP contribution in [0.3, 0.4) is 0 Å². The largest absolute Gasteiger partial charge is 0.366 e. The van der Waals surface area contributed by atoms with E-state index in [2.05, 4.69) is 49.5 Å². The van der Waals surface area contributed by atoms with E-state index in [0.717, 1.165) is 36.8 Å². The van der Waals surface area contributed by atoms with Crippen molar-refractivity contribution in [1.82, 2.24) is 19.9 Å². The topological polar surface area (TPSA) is 129 Å². The van der Waals surface area contributed by atoms with Crippen LogP contribution in [-0.2, 0) is 4.57 Å². The highest BCUT2D eigenvalue weighted by atomic mass is 35.5. The Hall–Kier alpha value is -3.79. The van der Waals surface area contributed by atoms with Gasteiger partial charge in [0.15, 0.2) is 5.82 Å². The molecule has 2 aromatic heterocycles. The Labute approximate surface area is 261 Å². The molecule has 2 fully saturated rings. The van der Waals surface area contributed by atoms with Gasteiger partial charge in [0, 0.05) is 47.8 Å². The summed E-state index contributed by atoms with van der Waals surface area (Å²) in [6, 6.07) is 13.1. The van der Waals surface area contributed by atoms with Crippen LogP contribution in [0, 0.1) is 15.5 Å². The number of nitrogens with zero attached hydrogens (tertiary/aromatic N) is 6. The van der Waals surface area contributed by atoms with Gasteiger partial charge in [0.2, 0.25) is 5.95 Å².